The van der Waals surface area contributed by atoms with Crippen LogP contribution in [0.1, 0.15) is 17.0 Å². The van der Waals surface area contributed by atoms with E-state index in [1.807, 2.05) is 12.1 Å². The summed E-state index contributed by atoms with van der Waals surface area (Å²) in [5.74, 6) is -2.69. The van der Waals surface area contributed by atoms with Gasteiger partial charge in [-0.2, -0.15) is 0 Å². The van der Waals surface area contributed by atoms with Gasteiger partial charge in [-0.25, -0.2) is 22.3 Å². The normalized spacial score (nSPS) is 17.3. The first kappa shape index (κ1) is 18.8. The largest absolute Gasteiger partial charge is 0.243 e. The van der Waals surface area contributed by atoms with Gasteiger partial charge in [0, 0.05) is 15.8 Å². The van der Waals surface area contributed by atoms with Crippen molar-refractivity contribution >= 4 is 44.3 Å². The number of rotatable bonds is 3. The van der Waals surface area contributed by atoms with Gasteiger partial charge in [-0.05, 0) is 47.0 Å². The predicted molar refractivity (Wildman–Crippen MR) is 102 cm³/mol. The highest BCUT2D eigenvalue weighted by molar-refractivity contribution is 7.89. The molecule has 1 aliphatic carbocycles. The quantitative estimate of drug-likeness (QED) is 0.763. The van der Waals surface area contributed by atoms with Crippen LogP contribution in [0.2, 0.25) is 5.02 Å². The minimum atomic E-state index is -4.50. The molecule has 0 bridgehead atoms. The van der Waals surface area contributed by atoms with E-state index in [0.717, 1.165) is 17.7 Å². The van der Waals surface area contributed by atoms with Crippen LogP contribution in [0, 0.1) is 11.6 Å². The zero-order chi connectivity index (χ0) is 19.1. The lowest BCUT2D eigenvalue weighted by atomic mass is 9.88. The summed E-state index contributed by atoms with van der Waals surface area (Å²) in [4.78, 5) is -0.609. The van der Waals surface area contributed by atoms with Crippen LogP contribution < -0.4 is 5.14 Å². The molecule has 1 atom stereocenters. The highest BCUT2D eigenvalue weighted by atomic mass is 35.5. The van der Waals surface area contributed by atoms with Crippen molar-refractivity contribution in [2.75, 3.05) is 0 Å². The fourth-order valence-corrected chi connectivity index (χ4v) is 3.94. The minimum absolute atomic E-state index is 0.163. The van der Waals surface area contributed by atoms with Gasteiger partial charge in [-0.15, -0.1) is 0 Å². The molecule has 0 radical (unpaired) electrons. The van der Waals surface area contributed by atoms with Crippen LogP contribution in [-0.4, -0.2) is 13.3 Å². The molecule has 0 fully saturated rings. The lowest BCUT2D eigenvalue weighted by molar-refractivity contribution is 0.519. The highest BCUT2D eigenvalue weighted by Gasteiger charge is 2.23. The molecule has 3 rings (SSSR count). The van der Waals surface area contributed by atoms with Crippen molar-refractivity contribution in [3.05, 3.63) is 82.4 Å². The number of thiocarbonyl (C=S) groups is 1. The third-order valence-corrected chi connectivity index (χ3v) is 5.46. The van der Waals surface area contributed by atoms with Gasteiger partial charge in [0.25, 0.3) is 0 Å². The Labute approximate surface area is 159 Å². The highest BCUT2D eigenvalue weighted by Crippen LogP contribution is 2.32. The van der Waals surface area contributed by atoms with Crippen LogP contribution in [0.5, 0.6) is 0 Å². The average molecular weight is 412 g/mol. The molecule has 2 aromatic rings. The van der Waals surface area contributed by atoms with Crippen molar-refractivity contribution in [2.24, 2.45) is 5.14 Å². The third kappa shape index (κ3) is 3.76. The summed E-state index contributed by atoms with van der Waals surface area (Å²) in [6.07, 6.45) is 5.09. The van der Waals surface area contributed by atoms with Crippen molar-refractivity contribution in [3.63, 3.8) is 0 Å². The van der Waals surface area contributed by atoms with E-state index in [9.17, 15) is 17.2 Å². The number of hydrogen-bond acceptors (Lipinski definition) is 3. The number of halogens is 3. The molecular weight excluding hydrogens is 400 g/mol. The summed E-state index contributed by atoms with van der Waals surface area (Å²) >= 11 is 11.4. The third-order valence-electron chi connectivity index (χ3n) is 3.90. The topological polar surface area (TPSA) is 60.2 Å². The van der Waals surface area contributed by atoms with Gasteiger partial charge in [-0.1, -0.05) is 48.1 Å². The maximum Gasteiger partial charge on any atom is 0.243 e. The summed E-state index contributed by atoms with van der Waals surface area (Å²) in [6, 6.07) is 9.07. The average Bonchev–Trinajstić information content (AvgIpc) is 2.52. The van der Waals surface area contributed by atoms with Crippen molar-refractivity contribution in [1.82, 2.24) is 0 Å². The van der Waals surface area contributed by atoms with E-state index in [2.05, 4.69) is 0 Å². The molecule has 0 heterocycles. The number of benzene rings is 2. The molecule has 3 nitrogen and oxygen atoms in total. The van der Waals surface area contributed by atoms with E-state index in [1.165, 1.54) is 0 Å². The van der Waals surface area contributed by atoms with Crippen molar-refractivity contribution in [1.29, 1.82) is 0 Å². The summed E-state index contributed by atoms with van der Waals surface area (Å²) in [5.41, 5.74) is 1.53. The lowest BCUT2D eigenvalue weighted by Gasteiger charge is -2.18. The molecule has 1 unspecified atom stereocenters. The number of sulfonamides is 1. The molecule has 2 N–H and O–H groups in total. The van der Waals surface area contributed by atoms with Crippen LogP contribution in [-0.2, 0) is 10.0 Å². The standard InChI is InChI=1S/C18H12ClF2NO2S2/c19-13-3-1-2-11(6-13)14-5-4-10(9-17(14)25)12-7-15(20)18(16(21)8-12)26(22,23)24/h1-9,14H,(H2,22,23,24). The Balaban J connectivity index is 1.97. The second kappa shape index (κ2) is 7.00. The Morgan fingerprint density at radius 1 is 1.12 bits per heavy atom. The molecule has 0 saturated carbocycles. The Bertz CT molecular complexity index is 1060. The summed E-state index contributed by atoms with van der Waals surface area (Å²) in [5, 5.41) is 5.42. The Morgan fingerprint density at radius 2 is 1.77 bits per heavy atom. The van der Waals surface area contributed by atoms with E-state index in [1.54, 1.807) is 30.4 Å². The van der Waals surface area contributed by atoms with E-state index < -0.39 is 26.6 Å². The summed E-state index contributed by atoms with van der Waals surface area (Å²) < 4.78 is 50.7. The Hall–Kier alpha value is -1.93. The van der Waals surface area contributed by atoms with Crippen molar-refractivity contribution in [2.45, 2.75) is 10.8 Å². The van der Waals surface area contributed by atoms with Gasteiger partial charge in [-0.3, -0.25) is 0 Å². The maximum absolute atomic E-state index is 14.0. The fraction of sp³-hybridized carbons (Fsp3) is 0.0556. The van der Waals surface area contributed by atoms with Gasteiger partial charge in [0.15, 0.2) is 4.90 Å². The minimum Gasteiger partial charge on any atom is -0.224 e. The van der Waals surface area contributed by atoms with Crippen LogP contribution in [0.4, 0.5) is 8.78 Å². The molecule has 0 amide bonds. The second-order valence-corrected chi connectivity index (χ2v) is 8.11. The van der Waals surface area contributed by atoms with Crippen LogP contribution in [0.3, 0.4) is 0 Å². The first-order valence-electron chi connectivity index (χ1n) is 7.38. The molecule has 2 aromatic carbocycles. The zero-order valence-corrected chi connectivity index (χ0v) is 15.5. The molecule has 134 valence electrons. The molecule has 0 aliphatic heterocycles. The van der Waals surface area contributed by atoms with Crippen LogP contribution in [0.25, 0.3) is 5.57 Å². The van der Waals surface area contributed by atoms with Crippen molar-refractivity contribution in [3.8, 4) is 0 Å². The molecule has 1 aliphatic rings. The first-order chi connectivity index (χ1) is 12.2. The van der Waals surface area contributed by atoms with Crippen molar-refractivity contribution < 1.29 is 17.2 Å². The smallest absolute Gasteiger partial charge is 0.224 e. The molecule has 0 saturated heterocycles. The summed E-state index contributed by atoms with van der Waals surface area (Å²) in [6.45, 7) is 0. The SMILES string of the molecule is NS(=O)(=O)c1c(F)cc(C2=CC(=S)C(c3cccc(Cl)c3)C=C2)cc1F. The van der Waals surface area contributed by atoms with Gasteiger partial charge in [0.1, 0.15) is 11.6 Å². The van der Waals surface area contributed by atoms with E-state index in [0.29, 0.717) is 15.5 Å². The predicted octanol–water partition coefficient (Wildman–Crippen LogP) is 4.37. The Kier molecular flexibility index (Phi) is 5.07. The van der Waals surface area contributed by atoms with Gasteiger partial charge in [0.2, 0.25) is 10.0 Å². The van der Waals surface area contributed by atoms with E-state index in [-0.39, 0.29) is 11.5 Å². The van der Waals surface area contributed by atoms with Gasteiger partial charge < -0.3 is 0 Å². The molecule has 8 heteroatoms. The lowest BCUT2D eigenvalue weighted by Crippen LogP contribution is -2.16. The van der Waals surface area contributed by atoms with Crippen LogP contribution >= 0.6 is 23.8 Å². The second-order valence-electron chi connectivity index (χ2n) is 5.71. The number of nitrogens with two attached hydrogens (primary N) is 1. The van der Waals surface area contributed by atoms with Gasteiger partial charge in [0.05, 0.1) is 0 Å². The number of hydrogen-bond donors (Lipinski definition) is 1. The molecule has 0 aromatic heterocycles. The number of allylic oxidation sites excluding steroid dienone is 4. The number of primary sulfonamides is 1. The monoisotopic (exact) mass is 411 g/mol. The van der Waals surface area contributed by atoms with E-state index in [4.69, 9.17) is 29.0 Å². The van der Waals surface area contributed by atoms with E-state index >= 15 is 0 Å². The fourth-order valence-electron chi connectivity index (χ4n) is 2.74. The Morgan fingerprint density at radius 3 is 2.31 bits per heavy atom. The molecule has 0 spiro atoms. The zero-order valence-electron chi connectivity index (χ0n) is 13.1. The maximum atomic E-state index is 14.0. The first-order valence-corrected chi connectivity index (χ1v) is 9.71. The summed E-state index contributed by atoms with van der Waals surface area (Å²) in [7, 11) is -4.50. The van der Waals surface area contributed by atoms with Crippen LogP contribution in [0.15, 0.2) is 59.5 Å². The molecule has 26 heavy (non-hydrogen) atoms. The molecular formula is C18H12ClF2NO2S2. The van der Waals surface area contributed by atoms with Gasteiger partial charge >= 0.3 is 0 Å².